The van der Waals surface area contributed by atoms with Crippen LogP contribution in [0.3, 0.4) is 0 Å². The summed E-state index contributed by atoms with van der Waals surface area (Å²) in [5, 5.41) is 3.50. The predicted octanol–water partition coefficient (Wildman–Crippen LogP) is 5.06. The van der Waals surface area contributed by atoms with Gasteiger partial charge in [0, 0.05) is 24.5 Å². The highest BCUT2D eigenvalue weighted by Gasteiger charge is 2.30. The molecule has 0 aliphatic heterocycles. The zero-order valence-electron chi connectivity index (χ0n) is 19.7. The van der Waals surface area contributed by atoms with E-state index >= 15 is 0 Å². The first-order chi connectivity index (χ1) is 16.5. The maximum atomic E-state index is 13.4. The molecule has 3 rings (SSSR count). The number of carbonyl (C=O) groups is 2. The fraction of sp³-hybridized carbons (Fsp3) is 0.286. The third kappa shape index (κ3) is 7.35. The standard InChI is InChI=1S/C28H31ClN2O3/c1-3-21-12-16-25(17-13-21)34-20-27(32)31(19-23-10-14-24(29)15-11-23)26(28(33)30-4-2)18-22-8-6-5-7-9-22/h5-17,26H,3-4,18-20H2,1-2H3,(H,30,33). The molecule has 178 valence electrons. The summed E-state index contributed by atoms with van der Waals surface area (Å²) in [6.45, 7) is 4.54. The van der Waals surface area contributed by atoms with E-state index in [1.54, 1.807) is 17.0 Å². The van der Waals surface area contributed by atoms with Gasteiger partial charge < -0.3 is 15.0 Å². The highest BCUT2D eigenvalue weighted by atomic mass is 35.5. The average molecular weight is 479 g/mol. The van der Waals surface area contributed by atoms with Gasteiger partial charge in [0.15, 0.2) is 6.61 Å². The first-order valence-electron chi connectivity index (χ1n) is 11.6. The van der Waals surface area contributed by atoms with Gasteiger partial charge in [0.05, 0.1) is 0 Å². The van der Waals surface area contributed by atoms with Crippen LogP contribution in [0.15, 0.2) is 78.9 Å². The van der Waals surface area contributed by atoms with E-state index in [1.165, 1.54) is 5.56 Å². The number of likely N-dealkylation sites (N-methyl/N-ethyl adjacent to an activating group) is 1. The number of nitrogens with zero attached hydrogens (tertiary/aromatic N) is 1. The molecule has 6 heteroatoms. The number of hydrogen-bond donors (Lipinski definition) is 1. The summed E-state index contributed by atoms with van der Waals surface area (Å²) >= 11 is 6.05. The molecular weight excluding hydrogens is 448 g/mol. The third-order valence-electron chi connectivity index (χ3n) is 5.58. The molecule has 0 aliphatic carbocycles. The van der Waals surface area contributed by atoms with E-state index in [9.17, 15) is 9.59 Å². The molecule has 1 atom stereocenters. The van der Waals surface area contributed by atoms with Crippen LogP contribution in [0.1, 0.15) is 30.5 Å². The van der Waals surface area contributed by atoms with Crippen molar-refractivity contribution in [1.82, 2.24) is 10.2 Å². The zero-order chi connectivity index (χ0) is 24.3. The smallest absolute Gasteiger partial charge is 0.261 e. The molecular formula is C28H31ClN2O3. The lowest BCUT2D eigenvalue weighted by atomic mass is 10.0. The van der Waals surface area contributed by atoms with Crippen molar-refractivity contribution in [3.05, 3.63) is 101 Å². The van der Waals surface area contributed by atoms with Gasteiger partial charge in [-0.1, -0.05) is 73.1 Å². The van der Waals surface area contributed by atoms with Crippen molar-refractivity contribution in [2.45, 2.75) is 39.3 Å². The molecule has 0 bridgehead atoms. The fourth-order valence-electron chi connectivity index (χ4n) is 3.68. The van der Waals surface area contributed by atoms with Gasteiger partial charge in [0.2, 0.25) is 5.91 Å². The van der Waals surface area contributed by atoms with Gasteiger partial charge in [-0.25, -0.2) is 0 Å². The Morgan fingerprint density at radius 2 is 1.53 bits per heavy atom. The number of hydrogen-bond acceptors (Lipinski definition) is 3. The second kappa shape index (κ2) is 12.8. The van der Waals surface area contributed by atoms with Gasteiger partial charge in [0.1, 0.15) is 11.8 Å². The summed E-state index contributed by atoms with van der Waals surface area (Å²) in [7, 11) is 0. The SMILES string of the molecule is CCNC(=O)C(Cc1ccccc1)N(Cc1ccc(Cl)cc1)C(=O)COc1ccc(CC)cc1. The van der Waals surface area contributed by atoms with Crippen LogP contribution in [0, 0.1) is 0 Å². The van der Waals surface area contributed by atoms with Crippen LogP contribution < -0.4 is 10.1 Å². The number of ether oxygens (including phenoxy) is 1. The fourth-order valence-corrected chi connectivity index (χ4v) is 3.81. The number of carbonyl (C=O) groups excluding carboxylic acids is 2. The number of rotatable bonds is 11. The van der Waals surface area contributed by atoms with Crippen molar-refractivity contribution in [2.24, 2.45) is 0 Å². The Morgan fingerprint density at radius 3 is 2.15 bits per heavy atom. The Bertz CT molecular complexity index is 1050. The minimum Gasteiger partial charge on any atom is -0.484 e. The number of aryl methyl sites for hydroxylation is 1. The third-order valence-corrected chi connectivity index (χ3v) is 5.83. The normalized spacial score (nSPS) is 11.5. The number of benzene rings is 3. The van der Waals surface area contributed by atoms with E-state index in [0.29, 0.717) is 23.7 Å². The van der Waals surface area contributed by atoms with Crippen LogP contribution in [-0.4, -0.2) is 35.9 Å². The first-order valence-corrected chi connectivity index (χ1v) is 11.9. The van der Waals surface area contributed by atoms with E-state index in [-0.39, 0.29) is 25.0 Å². The van der Waals surface area contributed by atoms with Gasteiger partial charge in [-0.15, -0.1) is 0 Å². The Balaban J connectivity index is 1.85. The van der Waals surface area contributed by atoms with E-state index in [0.717, 1.165) is 17.5 Å². The predicted molar refractivity (Wildman–Crippen MR) is 136 cm³/mol. The maximum absolute atomic E-state index is 13.4. The minimum atomic E-state index is -0.684. The number of halogens is 1. The summed E-state index contributed by atoms with van der Waals surface area (Å²) in [6, 6.07) is 24.0. The second-order valence-corrected chi connectivity index (χ2v) is 8.47. The van der Waals surface area contributed by atoms with E-state index in [1.807, 2.05) is 73.7 Å². The lowest BCUT2D eigenvalue weighted by Crippen LogP contribution is -2.51. The Hall–Kier alpha value is -3.31. The van der Waals surface area contributed by atoms with Crippen LogP contribution in [-0.2, 0) is 29.0 Å². The van der Waals surface area contributed by atoms with Crippen molar-refractivity contribution >= 4 is 23.4 Å². The Labute approximate surface area is 206 Å². The first kappa shape index (κ1) is 25.3. The van der Waals surface area contributed by atoms with Gasteiger partial charge in [-0.05, 0) is 54.3 Å². The summed E-state index contributed by atoms with van der Waals surface area (Å²) < 4.78 is 5.80. The Kier molecular flexibility index (Phi) is 9.53. The number of nitrogens with one attached hydrogen (secondary N) is 1. The minimum absolute atomic E-state index is 0.163. The topological polar surface area (TPSA) is 58.6 Å². The molecule has 1 unspecified atom stereocenters. The molecule has 0 fully saturated rings. The molecule has 5 nitrogen and oxygen atoms in total. The molecule has 3 aromatic rings. The molecule has 34 heavy (non-hydrogen) atoms. The molecule has 2 amide bonds. The molecule has 0 saturated heterocycles. The molecule has 0 aromatic heterocycles. The molecule has 0 aliphatic rings. The molecule has 0 saturated carbocycles. The van der Waals surface area contributed by atoms with Crippen molar-refractivity contribution in [3.8, 4) is 5.75 Å². The van der Waals surface area contributed by atoms with Crippen LogP contribution in [0.4, 0.5) is 0 Å². The van der Waals surface area contributed by atoms with Crippen LogP contribution in [0.25, 0.3) is 0 Å². The maximum Gasteiger partial charge on any atom is 0.261 e. The van der Waals surface area contributed by atoms with E-state index < -0.39 is 6.04 Å². The van der Waals surface area contributed by atoms with E-state index in [4.69, 9.17) is 16.3 Å². The quantitative estimate of drug-likeness (QED) is 0.419. The highest BCUT2D eigenvalue weighted by molar-refractivity contribution is 6.30. The molecule has 1 N–H and O–H groups in total. The summed E-state index contributed by atoms with van der Waals surface area (Å²) in [4.78, 5) is 28.2. The van der Waals surface area contributed by atoms with Crippen LogP contribution in [0.2, 0.25) is 5.02 Å². The summed E-state index contributed by atoms with van der Waals surface area (Å²) in [5.74, 6) is 0.164. The van der Waals surface area contributed by atoms with Gasteiger partial charge in [-0.3, -0.25) is 9.59 Å². The van der Waals surface area contributed by atoms with Crippen LogP contribution >= 0.6 is 11.6 Å². The lowest BCUT2D eigenvalue weighted by Gasteiger charge is -2.31. The summed E-state index contributed by atoms with van der Waals surface area (Å²) in [6.07, 6.45) is 1.33. The largest absolute Gasteiger partial charge is 0.484 e. The second-order valence-electron chi connectivity index (χ2n) is 8.03. The molecule has 3 aromatic carbocycles. The molecule has 0 heterocycles. The van der Waals surface area contributed by atoms with Gasteiger partial charge in [0.25, 0.3) is 5.91 Å². The summed E-state index contributed by atoms with van der Waals surface area (Å²) in [5.41, 5.74) is 3.05. The van der Waals surface area contributed by atoms with Crippen molar-refractivity contribution in [2.75, 3.05) is 13.2 Å². The van der Waals surface area contributed by atoms with Crippen LogP contribution in [0.5, 0.6) is 5.75 Å². The van der Waals surface area contributed by atoms with E-state index in [2.05, 4.69) is 12.2 Å². The Morgan fingerprint density at radius 1 is 0.882 bits per heavy atom. The molecule has 0 radical (unpaired) electrons. The van der Waals surface area contributed by atoms with Crippen molar-refractivity contribution in [1.29, 1.82) is 0 Å². The zero-order valence-corrected chi connectivity index (χ0v) is 20.4. The van der Waals surface area contributed by atoms with Gasteiger partial charge in [-0.2, -0.15) is 0 Å². The van der Waals surface area contributed by atoms with Gasteiger partial charge >= 0.3 is 0 Å². The lowest BCUT2D eigenvalue weighted by molar-refractivity contribution is -0.142. The van der Waals surface area contributed by atoms with Crippen molar-refractivity contribution < 1.29 is 14.3 Å². The molecule has 0 spiro atoms. The highest BCUT2D eigenvalue weighted by Crippen LogP contribution is 2.18. The average Bonchev–Trinajstić information content (AvgIpc) is 2.87. The van der Waals surface area contributed by atoms with Crippen molar-refractivity contribution in [3.63, 3.8) is 0 Å². The number of amides is 2. The monoisotopic (exact) mass is 478 g/mol.